The Labute approximate surface area is 124 Å². The molecule has 0 amide bonds. The summed E-state index contributed by atoms with van der Waals surface area (Å²) < 4.78 is 11.1. The van der Waals surface area contributed by atoms with E-state index in [-0.39, 0.29) is 0 Å². The fourth-order valence-electron chi connectivity index (χ4n) is 2.26. The molecule has 0 radical (unpaired) electrons. The Bertz CT molecular complexity index is 701. The van der Waals surface area contributed by atoms with Gasteiger partial charge < -0.3 is 14.5 Å². The molecule has 108 valence electrons. The molecule has 0 unspecified atom stereocenters. The van der Waals surface area contributed by atoms with E-state index in [2.05, 4.69) is 18.3 Å². The first-order chi connectivity index (χ1) is 10.4. The second kappa shape index (κ2) is 6.35. The highest BCUT2D eigenvalue weighted by Crippen LogP contribution is 2.22. The van der Waals surface area contributed by atoms with Crippen LogP contribution in [0.1, 0.15) is 18.9 Å². The normalized spacial score (nSPS) is 10.7. The number of hydrogen-bond acceptors (Lipinski definition) is 3. The van der Waals surface area contributed by atoms with Crippen molar-refractivity contribution >= 4 is 16.7 Å². The fourth-order valence-corrected chi connectivity index (χ4v) is 2.26. The summed E-state index contributed by atoms with van der Waals surface area (Å²) in [7, 11) is 0. The molecule has 21 heavy (non-hydrogen) atoms. The van der Waals surface area contributed by atoms with E-state index in [1.54, 1.807) is 0 Å². The van der Waals surface area contributed by atoms with Crippen molar-refractivity contribution in [2.24, 2.45) is 0 Å². The average Bonchev–Trinajstić information content (AvgIpc) is 2.95. The van der Waals surface area contributed by atoms with E-state index in [0.29, 0.717) is 0 Å². The number of nitrogens with one attached hydrogen (secondary N) is 1. The molecule has 0 aliphatic heterocycles. The molecule has 3 nitrogen and oxygen atoms in total. The van der Waals surface area contributed by atoms with Gasteiger partial charge in [-0.3, -0.25) is 0 Å². The standard InChI is InChI=1S/C18H19NO2/c1-2-11-20-16-9-7-15(8-10-16)19-12-14-13-21-18-6-4-3-5-17(14)18/h3-10,13,19H,2,11-12H2,1H3. The van der Waals surface area contributed by atoms with E-state index in [9.17, 15) is 0 Å². The van der Waals surface area contributed by atoms with Gasteiger partial charge in [0.1, 0.15) is 11.3 Å². The van der Waals surface area contributed by atoms with E-state index in [4.69, 9.17) is 9.15 Å². The fraction of sp³-hybridized carbons (Fsp3) is 0.222. The van der Waals surface area contributed by atoms with Crippen LogP contribution in [0.2, 0.25) is 0 Å². The van der Waals surface area contributed by atoms with E-state index in [1.165, 1.54) is 0 Å². The van der Waals surface area contributed by atoms with Crippen molar-refractivity contribution < 1.29 is 9.15 Å². The molecule has 2 aromatic carbocycles. The average molecular weight is 281 g/mol. The number of para-hydroxylation sites is 1. The summed E-state index contributed by atoms with van der Waals surface area (Å²) in [4.78, 5) is 0. The van der Waals surface area contributed by atoms with Gasteiger partial charge in [-0.1, -0.05) is 25.1 Å². The van der Waals surface area contributed by atoms with E-state index < -0.39 is 0 Å². The smallest absolute Gasteiger partial charge is 0.134 e. The maximum Gasteiger partial charge on any atom is 0.134 e. The van der Waals surface area contributed by atoms with Gasteiger partial charge in [-0.15, -0.1) is 0 Å². The summed E-state index contributed by atoms with van der Waals surface area (Å²) in [6.07, 6.45) is 2.84. The van der Waals surface area contributed by atoms with Crippen LogP contribution >= 0.6 is 0 Å². The lowest BCUT2D eigenvalue weighted by Crippen LogP contribution is -1.99. The van der Waals surface area contributed by atoms with Gasteiger partial charge in [0.05, 0.1) is 12.9 Å². The van der Waals surface area contributed by atoms with Crippen LogP contribution in [-0.2, 0) is 6.54 Å². The monoisotopic (exact) mass is 281 g/mol. The van der Waals surface area contributed by atoms with E-state index >= 15 is 0 Å². The Balaban J connectivity index is 1.64. The Hall–Kier alpha value is -2.42. The molecule has 0 saturated carbocycles. The number of rotatable bonds is 6. The molecule has 0 spiro atoms. The number of ether oxygens (including phenoxy) is 1. The lowest BCUT2D eigenvalue weighted by Gasteiger charge is -2.08. The van der Waals surface area contributed by atoms with Gasteiger partial charge in [-0.25, -0.2) is 0 Å². The Morgan fingerprint density at radius 1 is 1.05 bits per heavy atom. The van der Waals surface area contributed by atoms with Gasteiger partial charge >= 0.3 is 0 Å². The second-order valence-corrected chi connectivity index (χ2v) is 4.98. The maximum absolute atomic E-state index is 5.58. The predicted molar refractivity (Wildman–Crippen MR) is 85.8 cm³/mol. The molecule has 0 fully saturated rings. The van der Waals surface area contributed by atoms with Crippen LogP contribution in [0.15, 0.2) is 59.2 Å². The molecule has 0 saturated heterocycles. The highest BCUT2D eigenvalue weighted by Gasteiger charge is 2.04. The minimum atomic E-state index is 0.742. The van der Waals surface area contributed by atoms with Gasteiger partial charge in [-0.2, -0.15) is 0 Å². The SMILES string of the molecule is CCCOc1ccc(NCc2coc3ccccc23)cc1. The van der Waals surface area contributed by atoms with Crippen molar-refractivity contribution in [3.8, 4) is 5.75 Å². The summed E-state index contributed by atoms with van der Waals surface area (Å²) in [5.74, 6) is 0.913. The third-order valence-electron chi connectivity index (χ3n) is 3.37. The molecule has 1 N–H and O–H groups in total. The number of furan rings is 1. The molecule has 3 aromatic rings. The van der Waals surface area contributed by atoms with Gasteiger partial charge in [0.15, 0.2) is 0 Å². The number of hydrogen-bond donors (Lipinski definition) is 1. The largest absolute Gasteiger partial charge is 0.494 e. The predicted octanol–water partition coefficient (Wildman–Crippen LogP) is 4.83. The summed E-state index contributed by atoms with van der Waals surface area (Å²) in [6, 6.07) is 16.1. The topological polar surface area (TPSA) is 34.4 Å². The third-order valence-corrected chi connectivity index (χ3v) is 3.37. The molecule has 1 aromatic heterocycles. The van der Waals surface area contributed by atoms with Gasteiger partial charge in [0, 0.05) is 23.2 Å². The van der Waals surface area contributed by atoms with Crippen molar-refractivity contribution in [2.45, 2.75) is 19.9 Å². The number of fused-ring (bicyclic) bond motifs is 1. The van der Waals surface area contributed by atoms with Gasteiger partial charge in [0.2, 0.25) is 0 Å². The maximum atomic E-state index is 5.58. The van der Waals surface area contributed by atoms with Crippen LogP contribution in [0, 0.1) is 0 Å². The van der Waals surface area contributed by atoms with Gasteiger partial charge in [-0.05, 0) is 36.8 Å². The van der Waals surface area contributed by atoms with Crippen LogP contribution in [-0.4, -0.2) is 6.61 Å². The van der Waals surface area contributed by atoms with E-state index in [1.807, 2.05) is 48.7 Å². The van der Waals surface area contributed by atoms with Crippen molar-refractivity contribution in [1.82, 2.24) is 0 Å². The minimum absolute atomic E-state index is 0.742. The summed E-state index contributed by atoms with van der Waals surface area (Å²) in [5, 5.41) is 4.57. The van der Waals surface area contributed by atoms with Crippen molar-refractivity contribution in [3.63, 3.8) is 0 Å². The van der Waals surface area contributed by atoms with Crippen LogP contribution in [0.4, 0.5) is 5.69 Å². The highest BCUT2D eigenvalue weighted by molar-refractivity contribution is 5.81. The Morgan fingerprint density at radius 2 is 1.86 bits per heavy atom. The first-order valence-corrected chi connectivity index (χ1v) is 7.28. The number of anilines is 1. The summed E-state index contributed by atoms with van der Waals surface area (Å²) in [5.41, 5.74) is 3.17. The lowest BCUT2D eigenvalue weighted by molar-refractivity contribution is 0.317. The molecule has 0 atom stereocenters. The number of benzene rings is 2. The molecule has 0 bridgehead atoms. The Morgan fingerprint density at radius 3 is 2.67 bits per heavy atom. The third kappa shape index (κ3) is 3.19. The molecular formula is C18H19NO2. The van der Waals surface area contributed by atoms with Crippen LogP contribution in [0.25, 0.3) is 11.0 Å². The molecule has 3 heteroatoms. The summed E-state index contributed by atoms with van der Waals surface area (Å²) in [6.45, 7) is 3.60. The van der Waals surface area contributed by atoms with Crippen molar-refractivity contribution in [3.05, 3.63) is 60.4 Å². The lowest BCUT2D eigenvalue weighted by atomic mass is 10.2. The van der Waals surface area contributed by atoms with Crippen LogP contribution in [0.3, 0.4) is 0 Å². The molecule has 1 heterocycles. The Kier molecular flexibility index (Phi) is 4.10. The van der Waals surface area contributed by atoms with Crippen LogP contribution in [0.5, 0.6) is 5.75 Å². The van der Waals surface area contributed by atoms with Crippen molar-refractivity contribution in [2.75, 3.05) is 11.9 Å². The second-order valence-electron chi connectivity index (χ2n) is 4.98. The van der Waals surface area contributed by atoms with Crippen LogP contribution < -0.4 is 10.1 Å². The highest BCUT2D eigenvalue weighted by atomic mass is 16.5. The zero-order chi connectivity index (χ0) is 14.5. The van der Waals surface area contributed by atoms with E-state index in [0.717, 1.165) is 47.5 Å². The van der Waals surface area contributed by atoms with Crippen molar-refractivity contribution in [1.29, 1.82) is 0 Å². The molecule has 0 aliphatic rings. The first-order valence-electron chi connectivity index (χ1n) is 7.28. The zero-order valence-electron chi connectivity index (χ0n) is 12.1. The molecular weight excluding hydrogens is 262 g/mol. The summed E-state index contributed by atoms with van der Waals surface area (Å²) >= 11 is 0. The molecule has 0 aliphatic carbocycles. The first kappa shape index (κ1) is 13.6. The van der Waals surface area contributed by atoms with Gasteiger partial charge in [0.25, 0.3) is 0 Å². The molecule has 3 rings (SSSR count). The zero-order valence-corrected chi connectivity index (χ0v) is 12.1. The quantitative estimate of drug-likeness (QED) is 0.702. The minimum Gasteiger partial charge on any atom is -0.494 e.